The Labute approximate surface area is 143 Å². The molecule has 0 spiro atoms. The average Bonchev–Trinajstić information content (AvgIpc) is 3.34. The van der Waals surface area contributed by atoms with E-state index in [4.69, 9.17) is 0 Å². The number of carbonyl (C=O) groups excluding carboxylic acids is 2. The lowest BCUT2D eigenvalue weighted by Crippen LogP contribution is -2.30. The molecule has 4 nitrogen and oxygen atoms in total. The highest BCUT2D eigenvalue weighted by atomic mass is 19.1. The molecule has 2 aromatic carbocycles. The standard InChI is InChI=1S/C19H16F2N2O2/c20-13-4-6-15(16(21)9-13)18(24)22-14-5-3-11-7-8-23(17(11)10-14)19(25)12-1-2-12/h3-6,9-10,12H,1-2,7-8H2,(H,22,24). The molecular weight excluding hydrogens is 326 g/mol. The Morgan fingerprint density at radius 2 is 1.88 bits per heavy atom. The molecule has 1 fully saturated rings. The molecule has 2 aliphatic rings. The summed E-state index contributed by atoms with van der Waals surface area (Å²) >= 11 is 0. The largest absolute Gasteiger partial charge is 0.322 e. The van der Waals surface area contributed by atoms with Crippen molar-refractivity contribution >= 4 is 23.2 Å². The number of nitrogens with zero attached hydrogens (tertiary/aromatic N) is 1. The van der Waals surface area contributed by atoms with Crippen molar-refractivity contribution in [3.05, 3.63) is 59.2 Å². The lowest BCUT2D eigenvalue weighted by atomic mass is 10.1. The van der Waals surface area contributed by atoms with Crippen molar-refractivity contribution in [3.63, 3.8) is 0 Å². The number of carbonyl (C=O) groups is 2. The topological polar surface area (TPSA) is 49.4 Å². The molecule has 0 atom stereocenters. The van der Waals surface area contributed by atoms with Gasteiger partial charge in [-0.2, -0.15) is 0 Å². The van der Waals surface area contributed by atoms with Crippen LogP contribution in [0.5, 0.6) is 0 Å². The normalized spacial score (nSPS) is 15.8. The SMILES string of the molecule is O=C(Nc1ccc2c(c1)N(C(=O)C1CC1)CC2)c1ccc(F)cc1F. The number of rotatable bonds is 3. The fourth-order valence-corrected chi connectivity index (χ4v) is 3.11. The molecule has 2 aromatic rings. The van der Waals surface area contributed by atoms with Crippen LogP contribution in [0.3, 0.4) is 0 Å². The van der Waals surface area contributed by atoms with Crippen LogP contribution >= 0.6 is 0 Å². The molecule has 2 amide bonds. The fourth-order valence-electron chi connectivity index (χ4n) is 3.11. The summed E-state index contributed by atoms with van der Waals surface area (Å²) in [5.41, 5.74) is 2.10. The van der Waals surface area contributed by atoms with Gasteiger partial charge in [0.25, 0.3) is 5.91 Å². The van der Waals surface area contributed by atoms with E-state index < -0.39 is 17.5 Å². The molecule has 1 saturated carbocycles. The number of anilines is 2. The Balaban J connectivity index is 1.56. The van der Waals surface area contributed by atoms with Gasteiger partial charge >= 0.3 is 0 Å². The first kappa shape index (κ1) is 15.7. The molecule has 25 heavy (non-hydrogen) atoms. The van der Waals surface area contributed by atoms with E-state index in [2.05, 4.69) is 5.32 Å². The summed E-state index contributed by atoms with van der Waals surface area (Å²) in [6.07, 6.45) is 2.66. The monoisotopic (exact) mass is 342 g/mol. The molecule has 0 radical (unpaired) electrons. The van der Waals surface area contributed by atoms with Crippen molar-refractivity contribution in [2.75, 3.05) is 16.8 Å². The summed E-state index contributed by atoms with van der Waals surface area (Å²) in [5, 5.41) is 2.61. The first-order valence-electron chi connectivity index (χ1n) is 8.23. The van der Waals surface area contributed by atoms with Crippen LogP contribution in [0.1, 0.15) is 28.8 Å². The van der Waals surface area contributed by atoms with Gasteiger partial charge < -0.3 is 10.2 Å². The van der Waals surface area contributed by atoms with E-state index in [0.717, 1.165) is 42.6 Å². The molecule has 1 aliphatic heterocycles. The van der Waals surface area contributed by atoms with E-state index in [1.165, 1.54) is 0 Å². The third kappa shape index (κ3) is 2.99. The Morgan fingerprint density at radius 1 is 1.08 bits per heavy atom. The second-order valence-electron chi connectivity index (χ2n) is 6.44. The fraction of sp³-hybridized carbons (Fsp3) is 0.263. The van der Waals surface area contributed by atoms with Gasteiger partial charge in [-0.15, -0.1) is 0 Å². The van der Waals surface area contributed by atoms with Crippen molar-refractivity contribution in [1.82, 2.24) is 0 Å². The van der Waals surface area contributed by atoms with Gasteiger partial charge in [-0.3, -0.25) is 9.59 Å². The molecule has 1 heterocycles. The Bertz CT molecular complexity index is 878. The second kappa shape index (κ2) is 5.95. The molecule has 0 saturated heterocycles. The van der Waals surface area contributed by atoms with Crippen molar-refractivity contribution in [1.29, 1.82) is 0 Å². The molecule has 0 bridgehead atoms. The summed E-state index contributed by atoms with van der Waals surface area (Å²) in [4.78, 5) is 26.3. The summed E-state index contributed by atoms with van der Waals surface area (Å²) < 4.78 is 26.7. The van der Waals surface area contributed by atoms with Crippen LogP contribution in [-0.2, 0) is 11.2 Å². The van der Waals surface area contributed by atoms with Crippen molar-refractivity contribution in [3.8, 4) is 0 Å². The maximum absolute atomic E-state index is 13.7. The Morgan fingerprint density at radius 3 is 2.60 bits per heavy atom. The van der Waals surface area contributed by atoms with Crippen molar-refractivity contribution < 1.29 is 18.4 Å². The van der Waals surface area contributed by atoms with Crippen molar-refractivity contribution in [2.45, 2.75) is 19.3 Å². The molecule has 1 N–H and O–H groups in total. The van der Waals surface area contributed by atoms with Crippen LogP contribution in [0.25, 0.3) is 0 Å². The van der Waals surface area contributed by atoms with Gasteiger partial charge in [0.15, 0.2) is 0 Å². The number of halogens is 2. The molecule has 128 valence electrons. The number of amides is 2. The van der Waals surface area contributed by atoms with E-state index in [0.29, 0.717) is 18.3 Å². The van der Waals surface area contributed by atoms with Gasteiger partial charge in [0.1, 0.15) is 11.6 Å². The first-order chi connectivity index (χ1) is 12.0. The lowest BCUT2D eigenvalue weighted by molar-refractivity contribution is -0.119. The number of nitrogens with one attached hydrogen (secondary N) is 1. The van der Waals surface area contributed by atoms with Crippen LogP contribution < -0.4 is 10.2 Å². The lowest BCUT2D eigenvalue weighted by Gasteiger charge is -2.18. The molecular formula is C19H16F2N2O2. The van der Waals surface area contributed by atoms with E-state index in [-0.39, 0.29) is 17.4 Å². The van der Waals surface area contributed by atoms with Crippen molar-refractivity contribution in [2.24, 2.45) is 5.92 Å². The molecule has 0 unspecified atom stereocenters. The zero-order valence-corrected chi connectivity index (χ0v) is 13.4. The first-order valence-corrected chi connectivity index (χ1v) is 8.23. The van der Waals surface area contributed by atoms with E-state index in [9.17, 15) is 18.4 Å². The second-order valence-corrected chi connectivity index (χ2v) is 6.44. The predicted octanol–water partition coefficient (Wildman–Crippen LogP) is 3.52. The zero-order chi connectivity index (χ0) is 17.6. The summed E-state index contributed by atoms with van der Waals surface area (Å²) in [6.45, 7) is 0.647. The summed E-state index contributed by atoms with van der Waals surface area (Å²) in [7, 11) is 0. The van der Waals surface area contributed by atoms with Gasteiger partial charge in [0.05, 0.1) is 5.56 Å². The summed E-state index contributed by atoms with van der Waals surface area (Å²) in [5.74, 6) is -2.05. The quantitative estimate of drug-likeness (QED) is 0.928. The third-order valence-electron chi connectivity index (χ3n) is 4.61. The van der Waals surface area contributed by atoms with Crippen LogP contribution in [0.15, 0.2) is 36.4 Å². The minimum atomic E-state index is -0.913. The van der Waals surface area contributed by atoms with Gasteiger partial charge in [-0.05, 0) is 49.1 Å². The van der Waals surface area contributed by atoms with Crippen LogP contribution in [-0.4, -0.2) is 18.4 Å². The minimum Gasteiger partial charge on any atom is -0.322 e. The number of fused-ring (bicyclic) bond motifs is 1. The smallest absolute Gasteiger partial charge is 0.258 e. The third-order valence-corrected chi connectivity index (χ3v) is 4.61. The minimum absolute atomic E-state index is 0.123. The maximum atomic E-state index is 13.7. The van der Waals surface area contributed by atoms with Gasteiger partial charge in [0.2, 0.25) is 5.91 Å². The Hall–Kier alpha value is -2.76. The van der Waals surface area contributed by atoms with Crippen LogP contribution in [0.2, 0.25) is 0 Å². The Kier molecular flexibility index (Phi) is 3.75. The molecule has 0 aromatic heterocycles. The van der Waals surface area contributed by atoms with E-state index >= 15 is 0 Å². The van der Waals surface area contributed by atoms with Gasteiger partial charge in [-0.1, -0.05) is 6.07 Å². The van der Waals surface area contributed by atoms with E-state index in [1.807, 2.05) is 6.07 Å². The number of hydrogen-bond acceptors (Lipinski definition) is 2. The van der Waals surface area contributed by atoms with Crippen LogP contribution in [0, 0.1) is 17.6 Å². The average molecular weight is 342 g/mol. The maximum Gasteiger partial charge on any atom is 0.258 e. The molecule has 6 heteroatoms. The van der Waals surface area contributed by atoms with Crippen LogP contribution in [0.4, 0.5) is 20.2 Å². The number of benzene rings is 2. The van der Waals surface area contributed by atoms with E-state index in [1.54, 1.807) is 17.0 Å². The highest BCUT2D eigenvalue weighted by molar-refractivity contribution is 6.05. The summed E-state index contributed by atoms with van der Waals surface area (Å²) in [6, 6.07) is 8.15. The molecule has 4 rings (SSSR count). The van der Waals surface area contributed by atoms with Gasteiger partial charge in [-0.25, -0.2) is 8.78 Å². The zero-order valence-electron chi connectivity index (χ0n) is 13.4. The number of hydrogen-bond donors (Lipinski definition) is 1. The highest BCUT2D eigenvalue weighted by Crippen LogP contribution is 2.37. The predicted molar refractivity (Wildman–Crippen MR) is 89.5 cm³/mol. The molecule has 1 aliphatic carbocycles. The van der Waals surface area contributed by atoms with Gasteiger partial charge in [0, 0.05) is 29.9 Å². The highest BCUT2D eigenvalue weighted by Gasteiger charge is 2.36.